The van der Waals surface area contributed by atoms with E-state index in [1.165, 1.54) is 22.5 Å². The minimum atomic E-state index is 0.146. The SMILES string of the molecule is CCC1(CC)C=C(C)[n+]2ccccc2-c2ccccc21. The molecule has 1 heteroatoms. The van der Waals surface area contributed by atoms with Crippen molar-refractivity contribution in [3.63, 3.8) is 0 Å². The van der Waals surface area contributed by atoms with Crippen molar-refractivity contribution < 1.29 is 4.57 Å². The molecule has 0 atom stereocenters. The minimum absolute atomic E-state index is 0.146. The molecule has 0 saturated heterocycles. The number of hydrogen-bond donors (Lipinski definition) is 0. The number of hydrogen-bond acceptors (Lipinski definition) is 0. The highest BCUT2D eigenvalue weighted by molar-refractivity contribution is 5.67. The van der Waals surface area contributed by atoms with Gasteiger partial charge in [-0.15, -0.1) is 0 Å². The van der Waals surface area contributed by atoms with E-state index in [0.29, 0.717) is 0 Å². The third-order valence-electron chi connectivity index (χ3n) is 4.73. The quantitative estimate of drug-likeness (QED) is 0.699. The van der Waals surface area contributed by atoms with Gasteiger partial charge >= 0.3 is 0 Å². The molecule has 0 N–H and O–H groups in total. The zero-order valence-electron chi connectivity index (χ0n) is 12.6. The normalized spacial score (nSPS) is 15.8. The maximum Gasteiger partial charge on any atom is 0.218 e. The predicted octanol–water partition coefficient (Wildman–Crippen LogP) is 4.57. The van der Waals surface area contributed by atoms with Crippen LogP contribution in [0.5, 0.6) is 0 Å². The van der Waals surface area contributed by atoms with E-state index in [-0.39, 0.29) is 5.41 Å². The molecule has 1 aromatic heterocycles. The summed E-state index contributed by atoms with van der Waals surface area (Å²) >= 11 is 0. The number of fused-ring (bicyclic) bond motifs is 3. The predicted molar refractivity (Wildman–Crippen MR) is 84.3 cm³/mol. The second-order valence-electron chi connectivity index (χ2n) is 5.65. The van der Waals surface area contributed by atoms with E-state index in [1.807, 2.05) is 0 Å². The number of aromatic nitrogens is 1. The first-order valence-electron chi connectivity index (χ1n) is 7.52. The molecule has 0 radical (unpaired) electrons. The average Bonchev–Trinajstić information content (AvgIpc) is 2.62. The number of benzene rings is 1. The third-order valence-corrected chi connectivity index (χ3v) is 4.73. The van der Waals surface area contributed by atoms with Crippen molar-refractivity contribution in [3.05, 3.63) is 60.3 Å². The Morgan fingerprint density at radius 3 is 2.40 bits per heavy atom. The molecule has 0 bridgehead atoms. The zero-order valence-corrected chi connectivity index (χ0v) is 12.6. The molecule has 1 aliphatic rings. The van der Waals surface area contributed by atoms with Crippen LogP contribution in [0.25, 0.3) is 17.0 Å². The van der Waals surface area contributed by atoms with Gasteiger partial charge < -0.3 is 0 Å². The second kappa shape index (κ2) is 4.90. The van der Waals surface area contributed by atoms with Crippen LogP contribution in [-0.4, -0.2) is 0 Å². The summed E-state index contributed by atoms with van der Waals surface area (Å²) < 4.78 is 2.31. The van der Waals surface area contributed by atoms with Crippen molar-refractivity contribution in [2.75, 3.05) is 0 Å². The molecule has 0 aliphatic carbocycles. The molecule has 2 aromatic rings. The fraction of sp³-hybridized carbons (Fsp3) is 0.316. The first-order valence-corrected chi connectivity index (χ1v) is 7.52. The molecule has 1 nitrogen and oxygen atoms in total. The highest BCUT2D eigenvalue weighted by atomic mass is 15.0. The summed E-state index contributed by atoms with van der Waals surface area (Å²) in [6, 6.07) is 15.3. The molecule has 1 aliphatic heterocycles. The first kappa shape index (κ1) is 13.1. The number of pyridine rings is 1. The molecule has 1 aromatic carbocycles. The van der Waals surface area contributed by atoms with Crippen molar-refractivity contribution in [2.45, 2.75) is 39.0 Å². The van der Waals surface area contributed by atoms with Gasteiger partial charge in [-0.3, -0.25) is 0 Å². The van der Waals surface area contributed by atoms with Crippen LogP contribution in [0.1, 0.15) is 39.2 Å². The van der Waals surface area contributed by atoms with Crippen LogP contribution in [-0.2, 0) is 5.41 Å². The number of nitrogens with zero attached hydrogens (tertiary/aromatic N) is 1. The second-order valence-corrected chi connectivity index (χ2v) is 5.65. The monoisotopic (exact) mass is 264 g/mol. The van der Waals surface area contributed by atoms with Crippen molar-refractivity contribution in [1.29, 1.82) is 0 Å². The van der Waals surface area contributed by atoms with Crippen LogP contribution >= 0.6 is 0 Å². The molecule has 0 saturated carbocycles. The van der Waals surface area contributed by atoms with Crippen molar-refractivity contribution >= 4 is 5.70 Å². The third kappa shape index (κ3) is 1.81. The smallest absolute Gasteiger partial charge is 0.164 e. The van der Waals surface area contributed by atoms with Crippen LogP contribution in [0.2, 0.25) is 0 Å². The summed E-state index contributed by atoms with van der Waals surface area (Å²) in [4.78, 5) is 0. The lowest BCUT2D eigenvalue weighted by atomic mass is 9.73. The molecule has 2 heterocycles. The van der Waals surface area contributed by atoms with Crippen LogP contribution in [0, 0.1) is 0 Å². The lowest BCUT2D eigenvalue weighted by Crippen LogP contribution is -2.33. The van der Waals surface area contributed by atoms with E-state index in [0.717, 1.165) is 12.8 Å². The van der Waals surface area contributed by atoms with Crippen LogP contribution in [0.3, 0.4) is 0 Å². The fourth-order valence-corrected chi connectivity index (χ4v) is 3.49. The fourth-order valence-electron chi connectivity index (χ4n) is 3.49. The van der Waals surface area contributed by atoms with E-state index >= 15 is 0 Å². The van der Waals surface area contributed by atoms with Gasteiger partial charge in [-0.2, -0.15) is 4.57 Å². The molecular formula is C19H22N+. The van der Waals surface area contributed by atoms with Gasteiger partial charge in [-0.1, -0.05) is 32.0 Å². The first-order chi connectivity index (χ1) is 9.72. The van der Waals surface area contributed by atoms with Gasteiger partial charge in [0.15, 0.2) is 11.9 Å². The maximum absolute atomic E-state index is 2.46. The Morgan fingerprint density at radius 2 is 1.65 bits per heavy atom. The summed E-state index contributed by atoms with van der Waals surface area (Å²) in [5.41, 5.74) is 5.58. The molecule has 0 fully saturated rings. The topological polar surface area (TPSA) is 3.88 Å². The molecule has 102 valence electrons. The number of rotatable bonds is 2. The van der Waals surface area contributed by atoms with E-state index in [1.54, 1.807) is 0 Å². The number of allylic oxidation sites excluding steroid dienone is 2. The van der Waals surface area contributed by atoms with Gasteiger partial charge in [0.25, 0.3) is 0 Å². The average molecular weight is 264 g/mol. The van der Waals surface area contributed by atoms with Gasteiger partial charge in [0.1, 0.15) is 0 Å². The summed E-state index contributed by atoms with van der Waals surface area (Å²) in [7, 11) is 0. The van der Waals surface area contributed by atoms with Gasteiger partial charge in [-0.05, 0) is 36.6 Å². The summed E-state index contributed by atoms with van der Waals surface area (Å²) in [5, 5.41) is 0. The van der Waals surface area contributed by atoms with Crippen molar-refractivity contribution in [3.8, 4) is 11.3 Å². The summed E-state index contributed by atoms with van der Waals surface area (Å²) in [5.74, 6) is 0. The van der Waals surface area contributed by atoms with Crippen LogP contribution < -0.4 is 4.57 Å². The van der Waals surface area contributed by atoms with Gasteiger partial charge in [0.05, 0.1) is 5.56 Å². The van der Waals surface area contributed by atoms with E-state index in [4.69, 9.17) is 0 Å². The van der Waals surface area contributed by atoms with Crippen molar-refractivity contribution in [2.24, 2.45) is 0 Å². The molecule has 0 spiro atoms. The van der Waals surface area contributed by atoms with Gasteiger partial charge in [-0.25, -0.2) is 0 Å². The Hall–Kier alpha value is -1.89. The molecule has 0 amide bonds. The maximum atomic E-state index is 2.46. The van der Waals surface area contributed by atoms with Crippen molar-refractivity contribution in [1.82, 2.24) is 0 Å². The lowest BCUT2D eigenvalue weighted by molar-refractivity contribution is -0.569. The highest BCUT2D eigenvalue weighted by Crippen LogP contribution is 2.41. The van der Waals surface area contributed by atoms with E-state index < -0.39 is 0 Å². The molecule has 20 heavy (non-hydrogen) atoms. The van der Waals surface area contributed by atoms with E-state index in [2.05, 4.69) is 80.1 Å². The highest BCUT2D eigenvalue weighted by Gasteiger charge is 2.35. The largest absolute Gasteiger partial charge is 0.218 e. The van der Waals surface area contributed by atoms with Crippen LogP contribution in [0.4, 0.5) is 0 Å². The Morgan fingerprint density at radius 1 is 0.950 bits per heavy atom. The Kier molecular flexibility index (Phi) is 3.21. The Bertz CT molecular complexity index is 663. The van der Waals surface area contributed by atoms with Gasteiger partial charge in [0, 0.05) is 24.5 Å². The Labute approximate surface area is 121 Å². The Balaban J connectivity index is 2.40. The minimum Gasteiger partial charge on any atom is -0.164 e. The molecule has 0 unspecified atom stereocenters. The molecule has 3 rings (SSSR count). The standard InChI is InChI=1S/C19H22N/c1-4-19(5-2)14-15(3)20-13-9-8-12-18(20)16-10-6-7-11-17(16)19/h6-14H,4-5H2,1-3H3/q+1. The van der Waals surface area contributed by atoms with Gasteiger partial charge in [0.2, 0.25) is 5.69 Å². The molecular weight excluding hydrogens is 242 g/mol. The van der Waals surface area contributed by atoms with Crippen LogP contribution in [0.15, 0.2) is 54.7 Å². The summed E-state index contributed by atoms with van der Waals surface area (Å²) in [6.07, 6.45) is 6.89. The summed E-state index contributed by atoms with van der Waals surface area (Å²) in [6.45, 7) is 6.81. The van der Waals surface area contributed by atoms with E-state index in [9.17, 15) is 0 Å². The lowest BCUT2D eigenvalue weighted by Gasteiger charge is -2.28. The zero-order chi connectivity index (χ0) is 14.2.